The molecule has 0 aliphatic heterocycles. The Kier molecular flexibility index (Phi) is 11.6. The van der Waals surface area contributed by atoms with Gasteiger partial charge in [-0.15, -0.1) is 0 Å². The smallest absolute Gasteiger partial charge is 0.322 e. The number of amides is 2. The van der Waals surface area contributed by atoms with Gasteiger partial charge in [0.15, 0.2) is 0 Å². The Bertz CT molecular complexity index is 446. The van der Waals surface area contributed by atoms with E-state index in [-0.39, 0.29) is 18.6 Å². The molecule has 0 spiro atoms. The molecular formula is C14H25N3O6S. The van der Waals surface area contributed by atoms with Gasteiger partial charge in [0.05, 0.1) is 0 Å². The van der Waals surface area contributed by atoms with Gasteiger partial charge in [-0.1, -0.05) is 13.3 Å². The van der Waals surface area contributed by atoms with E-state index < -0.39 is 42.4 Å². The average molecular weight is 363 g/mol. The molecule has 10 heteroatoms. The van der Waals surface area contributed by atoms with Crippen LogP contribution in [0.3, 0.4) is 0 Å². The molecule has 0 aromatic carbocycles. The third-order valence-electron chi connectivity index (χ3n) is 3.13. The first kappa shape index (κ1) is 22.2. The number of rotatable bonds is 13. The topological polar surface area (TPSA) is 145 Å². The lowest BCUT2D eigenvalue weighted by Crippen LogP contribution is -2.49. The number of thiol groups is 1. The van der Waals surface area contributed by atoms with Crippen LogP contribution in [0.1, 0.15) is 32.6 Å². The summed E-state index contributed by atoms with van der Waals surface area (Å²) in [5, 5.41) is 25.0. The third kappa shape index (κ3) is 10.1. The number of carboxylic acids is 2. The van der Waals surface area contributed by atoms with Gasteiger partial charge in [0.25, 0.3) is 0 Å². The van der Waals surface area contributed by atoms with Crippen LogP contribution in [0, 0.1) is 0 Å². The number of hydrogen-bond acceptors (Lipinski definition) is 6. The number of unbranched alkanes of at least 4 members (excludes halogenated alkanes) is 1. The molecule has 9 nitrogen and oxygen atoms in total. The molecule has 0 saturated heterocycles. The van der Waals surface area contributed by atoms with Crippen LogP contribution in [0.4, 0.5) is 0 Å². The second kappa shape index (κ2) is 12.6. The predicted molar refractivity (Wildman–Crippen MR) is 90.0 cm³/mol. The number of nitrogens with one attached hydrogen (secondary N) is 3. The number of carbonyl (C=O) groups excluding carboxylic acids is 2. The number of hydrogen-bond donors (Lipinski definition) is 6. The van der Waals surface area contributed by atoms with Crippen LogP contribution in [-0.4, -0.2) is 64.9 Å². The molecule has 0 rings (SSSR count). The highest BCUT2D eigenvalue weighted by Gasteiger charge is 2.22. The van der Waals surface area contributed by atoms with E-state index in [1.54, 1.807) is 0 Å². The van der Waals surface area contributed by atoms with Gasteiger partial charge >= 0.3 is 11.9 Å². The quantitative estimate of drug-likeness (QED) is 0.186. The van der Waals surface area contributed by atoms with E-state index in [2.05, 4.69) is 28.6 Å². The number of carbonyl (C=O) groups is 4. The maximum absolute atomic E-state index is 11.8. The Morgan fingerprint density at radius 2 is 1.79 bits per heavy atom. The zero-order valence-electron chi connectivity index (χ0n) is 13.6. The Balaban J connectivity index is 4.34. The minimum Gasteiger partial charge on any atom is -0.480 e. The molecule has 5 N–H and O–H groups in total. The normalized spacial score (nSPS) is 12.9. The summed E-state index contributed by atoms with van der Waals surface area (Å²) in [6.45, 7) is 1.98. The van der Waals surface area contributed by atoms with Crippen LogP contribution < -0.4 is 16.0 Å². The summed E-state index contributed by atoms with van der Waals surface area (Å²) in [4.78, 5) is 45.1. The summed E-state index contributed by atoms with van der Waals surface area (Å²) in [7, 11) is 0. The number of aliphatic carboxylic acids is 2. The van der Waals surface area contributed by atoms with Crippen molar-refractivity contribution < 1.29 is 29.4 Å². The molecule has 0 aliphatic rings. The van der Waals surface area contributed by atoms with Crippen molar-refractivity contribution in [2.75, 3.05) is 18.8 Å². The lowest BCUT2D eigenvalue weighted by molar-refractivity contribution is -0.140. The SMILES string of the molecule is CCCCNC(CCC(=O)NC(CS)C(=O)NCC(=O)O)C(=O)O. The van der Waals surface area contributed by atoms with Gasteiger partial charge in [0.2, 0.25) is 11.8 Å². The van der Waals surface area contributed by atoms with Crippen molar-refractivity contribution in [2.24, 2.45) is 0 Å². The Morgan fingerprint density at radius 3 is 2.29 bits per heavy atom. The standard InChI is InChI=1S/C14H25N3O6S/c1-2-3-6-15-9(14(22)23)4-5-11(18)17-10(8-24)13(21)16-7-12(19)20/h9-10,15,24H,2-8H2,1H3,(H,16,21)(H,17,18)(H,19,20)(H,22,23). The largest absolute Gasteiger partial charge is 0.480 e. The summed E-state index contributed by atoms with van der Waals surface area (Å²) < 4.78 is 0. The van der Waals surface area contributed by atoms with Crippen LogP contribution in [0.2, 0.25) is 0 Å². The second-order valence-electron chi connectivity index (χ2n) is 5.15. The first-order valence-electron chi connectivity index (χ1n) is 7.67. The van der Waals surface area contributed by atoms with Crippen LogP contribution in [-0.2, 0) is 19.2 Å². The van der Waals surface area contributed by atoms with Crippen molar-refractivity contribution in [3.63, 3.8) is 0 Å². The van der Waals surface area contributed by atoms with E-state index >= 15 is 0 Å². The number of carboxylic acid groups (broad SMARTS) is 2. The Morgan fingerprint density at radius 1 is 1.12 bits per heavy atom. The average Bonchev–Trinajstić information content (AvgIpc) is 2.53. The molecule has 0 fully saturated rings. The summed E-state index contributed by atoms with van der Waals surface area (Å²) in [5.74, 6) is -3.40. The van der Waals surface area contributed by atoms with E-state index in [9.17, 15) is 19.2 Å². The highest BCUT2D eigenvalue weighted by Crippen LogP contribution is 2.00. The molecule has 0 radical (unpaired) electrons. The van der Waals surface area contributed by atoms with E-state index in [4.69, 9.17) is 10.2 Å². The summed E-state index contributed by atoms with van der Waals surface area (Å²) in [6, 6.07) is -1.81. The zero-order chi connectivity index (χ0) is 18.5. The van der Waals surface area contributed by atoms with E-state index in [1.165, 1.54) is 0 Å². The lowest BCUT2D eigenvalue weighted by atomic mass is 10.1. The first-order valence-corrected chi connectivity index (χ1v) is 8.30. The van der Waals surface area contributed by atoms with Crippen molar-refractivity contribution in [3.8, 4) is 0 Å². The molecule has 0 aromatic rings. The third-order valence-corrected chi connectivity index (χ3v) is 3.49. The highest BCUT2D eigenvalue weighted by atomic mass is 32.1. The van der Waals surface area contributed by atoms with Crippen molar-refractivity contribution in [1.29, 1.82) is 0 Å². The molecule has 0 heterocycles. The van der Waals surface area contributed by atoms with Crippen molar-refractivity contribution >= 4 is 36.4 Å². The molecule has 0 bridgehead atoms. The van der Waals surface area contributed by atoms with E-state index in [0.717, 1.165) is 12.8 Å². The van der Waals surface area contributed by atoms with Crippen molar-refractivity contribution in [3.05, 3.63) is 0 Å². The van der Waals surface area contributed by atoms with Gasteiger partial charge < -0.3 is 26.2 Å². The fourth-order valence-electron chi connectivity index (χ4n) is 1.79. The summed E-state index contributed by atoms with van der Waals surface area (Å²) in [6.07, 6.45) is 1.77. The molecule has 0 aromatic heterocycles. The van der Waals surface area contributed by atoms with Crippen molar-refractivity contribution in [2.45, 2.75) is 44.7 Å². The fourth-order valence-corrected chi connectivity index (χ4v) is 2.04. The molecule has 2 unspecified atom stereocenters. The van der Waals surface area contributed by atoms with Crippen LogP contribution >= 0.6 is 12.6 Å². The summed E-state index contributed by atoms with van der Waals surface area (Å²) >= 11 is 3.94. The predicted octanol–water partition coefficient (Wildman–Crippen LogP) is -0.775. The van der Waals surface area contributed by atoms with Gasteiger partial charge in [-0.05, 0) is 19.4 Å². The first-order chi connectivity index (χ1) is 11.3. The van der Waals surface area contributed by atoms with Gasteiger partial charge in [-0.2, -0.15) is 12.6 Å². The van der Waals surface area contributed by atoms with E-state index in [1.807, 2.05) is 6.92 Å². The molecule has 2 amide bonds. The molecule has 2 atom stereocenters. The minimum atomic E-state index is -1.20. The van der Waals surface area contributed by atoms with Gasteiger partial charge in [0.1, 0.15) is 18.6 Å². The van der Waals surface area contributed by atoms with Crippen LogP contribution in [0.25, 0.3) is 0 Å². The van der Waals surface area contributed by atoms with Crippen LogP contribution in [0.15, 0.2) is 0 Å². The molecular weight excluding hydrogens is 338 g/mol. The highest BCUT2D eigenvalue weighted by molar-refractivity contribution is 7.80. The molecule has 24 heavy (non-hydrogen) atoms. The van der Waals surface area contributed by atoms with Gasteiger partial charge in [0, 0.05) is 12.2 Å². The molecule has 0 aliphatic carbocycles. The van der Waals surface area contributed by atoms with Gasteiger partial charge in [-0.25, -0.2) is 0 Å². The molecule has 138 valence electrons. The fraction of sp³-hybridized carbons (Fsp3) is 0.714. The van der Waals surface area contributed by atoms with Crippen LogP contribution in [0.5, 0.6) is 0 Å². The van der Waals surface area contributed by atoms with E-state index in [0.29, 0.717) is 6.54 Å². The second-order valence-corrected chi connectivity index (χ2v) is 5.52. The Hall–Kier alpha value is -1.81. The maximum Gasteiger partial charge on any atom is 0.322 e. The monoisotopic (exact) mass is 363 g/mol. The van der Waals surface area contributed by atoms with Crippen molar-refractivity contribution in [1.82, 2.24) is 16.0 Å². The maximum atomic E-state index is 11.8. The lowest BCUT2D eigenvalue weighted by Gasteiger charge is -2.17. The summed E-state index contributed by atoms with van der Waals surface area (Å²) in [5.41, 5.74) is 0. The molecule has 0 saturated carbocycles. The minimum absolute atomic E-state index is 0.00565. The van der Waals surface area contributed by atoms with Gasteiger partial charge in [-0.3, -0.25) is 19.2 Å². The zero-order valence-corrected chi connectivity index (χ0v) is 14.5. The Labute approximate surface area is 146 Å².